The standard InChI is InChI=1S/C33H52O3/c1-21(34)36-27-12-15-31(5)25(29(27,2)3)11-16-33(7)26(31)9-8-24-28-23(22-13-19-35-20-22)10-14-30(28,4)17-18-32(24,33)6/h13,19,22-28H,8-12,14-18,20H2,1-7H3/t22?,23-,24+,25-,26+,27-,28+,30+,31-,32+,33+/m0/s1. The fourth-order valence-electron chi connectivity index (χ4n) is 12.5. The molecule has 0 aromatic rings. The van der Waals surface area contributed by atoms with Gasteiger partial charge in [0.1, 0.15) is 6.10 Å². The third-order valence-corrected chi connectivity index (χ3v) is 14.4. The van der Waals surface area contributed by atoms with Crippen LogP contribution in [-0.2, 0) is 14.3 Å². The average Bonchev–Trinajstić information content (AvgIpc) is 3.44. The van der Waals surface area contributed by atoms with E-state index in [2.05, 4.69) is 47.6 Å². The SMILES string of the molecule is CC(=O)O[C@H]1CC[C@]2(C)[C@H]3CC[C@@H]4[C@H]5[C@H](C6C=COC6)CC[C@]5(C)CC[C@@]4(C)[C@]3(C)CC[C@H]2C1(C)C. The average molecular weight is 497 g/mol. The highest BCUT2D eigenvalue weighted by atomic mass is 16.5. The predicted octanol–water partition coefficient (Wildman–Crippen LogP) is 8.18. The fourth-order valence-corrected chi connectivity index (χ4v) is 12.5. The fraction of sp³-hybridized carbons (Fsp3) is 0.909. The lowest BCUT2D eigenvalue weighted by Crippen LogP contribution is -2.66. The highest BCUT2D eigenvalue weighted by molar-refractivity contribution is 5.66. The quantitative estimate of drug-likeness (QED) is 0.362. The number of esters is 1. The maximum atomic E-state index is 11.9. The van der Waals surface area contributed by atoms with Crippen molar-refractivity contribution in [3.8, 4) is 0 Å². The van der Waals surface area contributed by atoms with E-state index in [0.717, 1.165) is 36.7 Å². The molecule has 5 saturated carbocycles. The lowest BCUT2D eigenvalue weighted by molar-refractivity contribution is -0.250. The molecular formula is C33H52O3. The smallest absolute Gasteiger partial charge is 0.302 e. The van der Waals surface area contributed by atoms with Crippen LogP contribution in [0.2, 0.25) is 0 Å². The minimum absolute atomic E-state index is 0.0498. The summed E-state index contributed by atoms with van der Waals surface area (Å²) in [5.74, 6) is 4.45. The van der Waals surface area contributed by atoms with Crippen LogP contribution in [0.3, 0.4) is 0 Å². The number of hydrogen-bond acceptors (Lipinski definition) is 3. The summed E-state index contributed by atoms with van der Waals surface area (Å²) in [7, 11) is 0. The van der Waals surface area contributed by atoms with Crippen LogP contribution in [0, 0.1) is 62.6 Å². The third-order valence-electron chi connectivity index (χ3n) is 14.4. The van der Waals surface area contributed by atoms with Crippen molar-refractivity contribution in [1.29, 1.82) is 0 Å². The first kappa shape index (κ1) is 25.3. The maximum Gasteiger partial charge on any atom is 0.302 e. The van der Waals surface area contributed by atoms with Crippen LogP contribution in [0.15, 0.2) is 12.3 Å². The summed E-state index contributed by atoms with van der Waals surface area (Å²) in [5, 5.41) is 0. The van der Waals surface area contributed by atoms with Crippen molar-refractivity contribution in [3.05, 3.63) is 12.3 Å². The van der Waals surface area contributed by atoms with Crippen molar-refractivity contribution in [2.24, 2.45) is 62.6 Å². The number of hydrogen-bond donors (Lipinski definition) is 0. The lowest BCUT2D eigenvalue weighted by atomic mass is 9.32. The summed E-state index contributed by atoms with van der Waals surface area (Å²) in [6.45, 7) is 18.1. The summed E-state index contributed by atoms with van der Waals surface area (Å²) in [6.07, 6.45) is 17.8. The molecule has 0 bridgehead atoms. The first-order valence-electron chi connectivity index (χ1n) is 15.3. The third kappa shape index (κ3) is 3.19. The molecule has 0 N–H and O–H groups in total. The Hall–Kier alpha value is -0.990. The molecule has 6 rings (SSSR count). The van der Waals surface area contributed by atoms with Crippen LogP contribution >= 0.6 is 0 Å². The van der Waals surface area contributed by atoms with Crippen LogP contribution < -0.4 is 0 Å². The molecule has 202 valence electrons. The largest absolute Gasteiger partial charge is 0.501 e. The molecule has 5 fully saturated rings. The first-order valence-corrected chi connectivity index (χ1v) is 15.3. The summed E-state index contributed by atoms with van der Waals surface area (Å²) in [5.41, 5.74) is 1.76. The van der Waals surface area contributed by atoms with Gasteiger partial charge in [0.25, 0.3) is 0 Å². The van der Waals surface area contributed by atoms with Gasteiger partial charge in [0.15, 0.2) is 0 Å². The molecule has 0 aromatic heterocycles. The van der Waals surface area contributed by atoms with Gasteiger partial charge in [-0.15, -0.1) is 0 Å². The van der Waals surface area contributed by atoms with Crippen LogP contribution in [0.5, 0.6) is 0 Å². The van der Waals surface area contributed by atoms with Gasteiger partial charge >= 0.3 is 5.97 Å². The number of rotatable bonds is 2. The maximum absolute atomic E-state index is 11.9. The van der Waals surface area contributed by atoms with Gasteiger partial charge in [0.2, 0.25) is 0 Å². The Labute approximate surface area is 220 Å². The van der Waals surface area contributed by atoms with Crippen LogP contribution in [0.4, 0.5) is 0 Å². The van der Waals surface area contributed by atoms with Gasteiger partial charge in [0, 0.05) is 18.3 Å². The predicted molar refractivity (Wildman–Crippen MR) is 144 cm³/mol. The molecule has 6 aliphatic rings. The van der Waals surface area contributed by atoms with Crippen LogP contribution in [0.25, 0.3) is 0 Å². The number of fused-ring (bicyclic) bond motifs is 7. The van der Waals surface area contributed by atoms with Crippen molar-refractivity contribution < 1.29 is 14.3 Å². The summed E-state index contributed by atoms with van der Waals surface area (Å²) in [4.78, 5) is 11.9. The first-order chi connectivity index (χ1) is 16.9. The molecule has 0 aromatic carbocycles. The minimum Gasteiger partial charge on any atom is -0.501 e. The highest BCUT2D eigenvalue weighted by Gasteiger charge is 2.70. The lowest BCUT2D eigenvalue weighted by Gasteiger charge is -2.73. The Bertz CT molecular complexity index is 937. The molecule has 1 unspecified atom stereocenters. The van der Waals surface area contributed by atoms with Gasteiger partial charge in [-0.05, 0) is 122 Å². The zero-order valence-electron chi connectivity index (χ0n) is 24.2. The van der Waals surface area contributed by atoms with Crippen molar-refractivity contribution in [3.63, 3.8) is 0 Å². The monoisotopic (exact) mass is 496 g/mol. The van der Waals surface area contributed by atoms with Crippen LogP contribution in [-0.4, -0.2) is 18.7 Å². The van der Waals surface area contributed by atoms with Gasteiger partial charge in [-0.2, -0.15) is 0 Å². The molecule has 1 aliphatic heterocycles. The van der Waals surface area contributed by atoms with E-state index in [9.17, 15) is 4.79 Å². The Morgan fingerprint density at radius 3 is 2.31 bits per heavy atom. The van der Waals surface area contributed by atoms with E-state index in [0.29, 0.717) is 33.5 Å². The molecule has 3 heteroatoms. The van der Waals surface area contributed by atoms with E-state index in [1.54, 1.807) is 6.92 Å². The molecule has 36 heavy (non-hydrogen) atoms. The molecule has 0 spiro atoms. The molecule has 0 radical (unpaired) electrons. The van der Waals surface area contributed by atoms with Gasteiger partial charge in [-0.3, -0.25) is 4.79 Å². The van der Waals surface area contributed by atoms with E-state index in [4.69, 9.17) is 9.47 Å². The van der Waals surface area contributed by atoms with Gasteiger partial charge in [-0.25, -0.2) is 0 Å². The Morgan fingerprint density at radius 1 is 0.833 bits per heavy atom. The second kappa shape index (κ2) is 8.01. The summed E-state index contributed by atoms with van der Waals surface area (Å²) < 4.78 is 11.7. The zero-order chi connectivity index (χ0) is 25.7. The molecular weight excluding hydrogens is 444 g/mol. The Morgan fingerprint density at radius 2 is 1.61 bits per heavy atom. The molecule has 0 saturated heterocycles. The normalized spacial score (nSPS) is 55.0. The van der Waals surface area contributed by atoms with Crippen molar-refractivity contribution in [2.45, 2.75) is 119 Å². The molecule has 11 atom stereocenters. The van der Waals surface area contributed by atoms with E-state index in [1.165, 1.54) is 57.8 Å². The van der Waals surface area contributed by atoms with E-state index in [-0.39, 0.29) is 17.5 Å². The molecule has 5 aliphatic carbocycles. The second-order valence-corrected chi connectivity index (χ2v) is 15.8. The number of ether oxygens (including phenoxy) is 2. The Balaban J connectivity index is 1.33. The molecule has 3 nitrogen and oxygen atoms in total. The van der Waals surface area contributed by atoms with E-state index < -0.39 is 0 Å². The number of carbonyl (C=O) groups is 1. The molecule has 0 amide bonds. The van der Waals surface area contributed by atoms with Crippen molar-refractivity contribution in [2.75, 3.05) is 6.61 Å². The zero-order valence-corrected chi connectivity index (χ0v) is 24.2. The van der Waals surface area contributed by atoms with Crippen molar-refractivity contribution >= 4 is 5.97 Å². The second-order valence-electron chi connectivity index (χ2n) is 15.8. The number of carbonyl (C=O) groups excluding carboxylic acids is 1. The van der Waals surface area contributed by atoms with Crippen LogP contribution in [0.1, 0.15) is 113 Å². The van der Waals surface area contributed by atoms with Gasteiger partial charge in [0.05, 0.1) is 12.9 Å². The highest BCUT2D eigenvalue weighted by Crippen LogP contribution is 2.77. The topological polar surface area (TPSA) is 35.5 Å². The summed E-state index contributed by atoms with van der Waals surface area (Å²) >= 11 is 0. The minimum atomic E-state index is -0.107. The van der Waals surface area contributed by atoms with Gasteiger partial charge in [-0.1, -0.05) is 41.5 Å². The van der Waals surface area contributed by atoms with E-state index >= 15 is 0 Å². The van der Waals surface area contributed by atoms with Crippen molar-refractivity contribution in [1.82, 2.24) is 0 Å². The Kier molecular flexibility index (Phi) is 5.63. The summed E-state index contributed by atoms with van der Waals surface area (Å²) in [6, 6.07) is 0. The van der Waals surface area contributed by atoms with Gasteiger partial charge < -0.3 is 9.47 Å². The molecule has 1 heterocycles. The van der Waals surface area contributed by atoms with E-state index in [1.807, 2.05) is 6.26 Å².